The van der Waals surface area contributed by atoms with Crippen LogP contribution in [0.1, 0.15) is 63.7 Å². The average molecular weight is 330 g/mol. The van der Waals surface area contributed by atoms with Crippen molar-refractivity contribution in [2.75, 3.05) is 19.8 Å². The Labute approximate surface area is 141 Å². The fourth-order valence-corrected chi connectivity index (χ4v) is 3.07. The Morgan fingerprint density at radius 2 is 2.08 bits per heavy atom. The minimum Gasteiger partial charge on any atom is -0.379 e. The van der Waals surface area contributed by atoms with Gasteiger partial charge < -0.3 is 10.1 Å². The third-order valence-corrected chi connectivity index (χ3v) is 4.46. The normalized spacial score (nSPS) is 20.2. The van der Waals surface area contributed by atoms with Gasteiger partial charge in [-0.05, 0) is 37.5 Å². The summed E-state index contributed by atoms with van der Waals surface area (Å²) in [6.07, 6.45) is 3.50. The van der Waals surface area contributed by atoms with Crippen LogP contribution in [0.5, 0.6) is 0 Å². The summed E-state index contributed by atoms with van der Waals surface area (Å²) in [6.45, 7) is 3.67. The van der Waals surface area contributed by atoms with Gasteiger partial charge in [0.1, 0.15) is 0 Å². The Balaban J connectivity index is 1.75. The number of amides is 3. The second kappa shape index (κ2) is 7.13. The molecule has 0 spiro atoms. The van der Waals surface area contributed by atoms with Gasteiger partial charge in [0.2, 0.25) is 0 Å². The zero-order chi connectivity index (χ0) is 17.1. The van der Waals surface area contributed by atoms with Crippen LogP contribution in [0.4, 0.5) is 0 Å². The van der Waals surface area contributed by atoms with Crippen LogP contribution in [0.3, 0.4) is 0 Å². The number of fused-ring (bicyclic) bond motifs is 1. The highest BCUT2D eigenvalue weighted by molar-refractivity contribution is 6.22. The number of ether oxygens (including phenoxy) is 1. The van der Waals surface area contributed by atoms with Crippen molar-refractivity contribution in [2.45, 2.75) is 38.6 Å². The maximum atomic E-state index is 12.4. The standard InChI is InChI=1S/C18H22N2O4/c1-2-3-8-20-17(22)14-7-6-12(10-15(14)18(20)23)16(21)19-13-5-4-9-24-11-13/h6-7,10,13H,2-5,8-9,11H2,1H3,(H,19,21)/t13-/m0/s1. The molecule has 6 heteroatoms. The minimum absolute atomic E-state index is 0.00195. The van der Waals surface area contributed by atoms with Crippen LogP contribution in [-0.2, 0) is 4.74 Å². The predicted molar refractivity (Wildman–Crippen MR) is 88.0 cm³/mol. The fraction of sp³-hybridized carbons (Fsp3) is 0.500. The molecule has 0 bridgehead atoms. The zero-order valence-electron chi connectivity index (χ0n) is 13.8. The van der Waals surface area contributed by atoms with Crippen LogP contribution in [-0.4, -0.2) is 48.4 Å². The van der Waals surface area contributed by atoms with Crippen molar-refractivity contribution < 1.29 is 19.1 Å². The topological polar surface area (TPSA) is 75.7 Å². The molecule has 1 aromatic carbocycles. The summed E-state index contributed by atoms with van der Waals surface area (Å²) in [7, 11) is 0. The summed E-state index contributed by atoms with van der Waals surface area (Å²) in [4.78, 5) is 38.4. The first-order valence-corrected chi connectivity index (χ1v) is 8.50. The second-order valence-corrected chi connectivity index (χ2v) is 6.26. The molecule has 0 radical (unpaired) electrons. The lowest BCUT2D eigenvalue weighted by Crippen LogP contribution is -2.40. The van der Waals surface area contributed by atoms with Gasteiger partial charge in [-0.2, -0.15) is 0 Å². The van der Waals surface area contributed by atoms with Gasteiger partial charge in [0, 0.05) is 18.7 Å². The van der Waals surface area contributed by atoms with E-state index in [0.717, 1.165) is 32.3 Å². The Kier molecular flexibility index (Phi) is 4.94. The Bertz CT molecular complexity index is 665. The van der Waals surface area contributed by atoms with E-state index >= 15 is 0 Å². The molecule has 1 atom stereocenters. The van der Waals surface area contributed by atoms with Crippen molar-refractivity contribution in [1.29, 1.82) is 0 Å². The number of nitrogens with zero attached hydrogens (tertiary/aromatic N) is 1. The lowest BCUT2D eigenvalue weighted by molar-refractivity contribution is 0.0624. The maximum Gasteiger partial charge on any atom is 0.261 e. The number of carbonyl (C=O) groups excluding carboxylic acids is 3. The lowest BCUT2D eigenvalue weighted by Gasteiger charge is -2.23. The molecule has 1 saturated heterocycles. The summed E-state index contributed by atoms with van der Waals surface area (Å²) in [5, 5.41) is 2.92. The molecule has 1 N–H and O–H groups in total. The van der Waals surface area contributed by atoms with Crippen LogP contribution >= 0.6 is 0 Å². The highest BCUT2D eigenvalue weighted by Gasteiger charge is 2.35. The van der Waals surface area contributed by atoms with Gasteiger partial charge in [-0.3, -0.25) is 19.3 Å². The minimum atomic E-state index is -0.306. The molecule has 0 saturated carbocycles. The highest BCUT2D eigenvalue weighted by Crippen LogP contribution is 2.24. The molecule has 128 valence electrons. The number of imide groups is 1. The molecule has 1 fully saturated rings. The number of nitrogens with one attached hydrogen (secondary N) is 1. The van der Waals surface area contributed by atoms with Gasteiger partial charge in [-0.25, -0.2) is 0 Å². The molecule has 1 aromatic rings. The third kappa shape index (κ3) is 3.19. The molecule has 2 heterocycles. The van der Waals surface area contributed by atoms with Gasteiger partial charge in [-0.15, -0.1) is 0 Å². The van der Waals surface area contributed by atoms with E-state index < -0.39 is 0 Å². The first kappa shape index (κ1) is 16.6. The Morgan fingerprint density at radius 3 is 2.79 bits per heavy atom. The number of benzene rings is 1. The van der Waals surface area contributed by atoms with Crippen LogP contribution < -0.4 is 5.32 Å². The number of carbonyl (C=O) groups is 3. The lowest BCUT2D eigenvalue weighted by atomic mass is 10.0. The first-order chi connectivity index (χ1) is 11.6. The number of rotatable bonds is 5. The SMILES string of the molecule is CCCCN1C(=O)c2ccc(C(=O)N[C@H]3CCCOC3)cc2C1=O. The molecule has 2 aliphatic rings. The van der Waals surface area contributed by atoms with E-state index in [1.54, 1.807) is 12.1 Å². The van der Waals surface area contributed by atoms with Crippen LogP contribution in [0.15, 0.2) is 18.2 Å². The summed E-state index contributed by atoms with van der Waals surface area (Å²) in [5.41, 5.74) is 1.11. The summed E-state index contributed by atoms with van der Waals surface area (Å²) >= 11 is 0. The number of hydrogen-bond acceptors (Lipinski definition) is 4. The largest absolute Gasteiger partial charge is 0.379 e. The molecule has 6 nitrogen and oxygen atoms in total. The Morgan fingerprint density at radius 1 is 1.29 bits per heavy atom. The number of unbranched alkanes of at least 4 members (excludes halogenated alkanes) is 1. The first-order valence-electron chi connectivity index (χ1n) is 8.50. The van der Waals surface area contributed by atoms with Gasteiger partial charge in [0.25, 0.3) is 17.7 Å². The predicted octanol–water partition coefficient (Wildman–Crippen LogP) is 1.99. The van der Waals surface area contributed by atoms with Crippen molar-refractivity contribution in [3.8, 4) is 0 Å². The second-order valence-electron chi connectivity index (χ2n) is 6.26. The van der Waals surface area contributed by atoms with E-state index in [1.807, 2.05) is 6.92 Å². The molecule has 24 heavy (non-hydrogen) atoms. The molecule has 2 aliphatic heterocycles. The quantitative estimate of drug-likeness (QED) is 0.838. The van der Waals surface area contributed by atoms with E-state index in [4.69, 9.17) is 4.74 Å². The van der Waals surface area contributed by atoms with Crippen molar-refractivity contribution in [1.82, 2.24) is 10.2 Å². The Hall–Kier alpha value is -2.21. The van der Waals surface area contributed by atoms with Crippen molar-refractivity contribution in [3.05, 3.63) is 34.9 Å². The van der Waals surface area contributed by atoms with Gasteiger partial charge in [0.15, 0.2) is 0 Å². The maximum absolute atomic E-state index is 12.4. The van der Waals surface area contributed by atoms with Crippen molar-refractivity contribution in [3.63, 3.8) is 0 Å². The van der Waals surface area contributed by atoms with Crippen molar-refractivity contribution in [2.24, 2.45) is 0 Å². The van der Waals surface area contributed by atoms with Gasteiger partial charge >= 0.3 is 0 Å². The van der Waals surface area contributed by atoms with Crippen LogP contribution in [0, 0.1) is 0 Å². The number of hydrogen-bond donors (Lipinski definition) is 1. The molecule has 3 rings (SSSR count). The van der Waals surface area contributed by atoms with E-state index in [9.17, 15) is 14.4 Å². The van der Waals surface area contributed by atoms with E-state index in [0.29, 0.717) is 29.8 Å². The zero-order valence-corrected chi connectivity index (χ0v) is 13.8. The molecular weight excluding hydrogens is 308 g/mol. The highest BCUT2D eigenvalue weighted by atomic mass is 16.5. The summed E-state index contributed by atoms with van der Waals surface area (Å²) in [6, 6.07) is 4.71. The summed E-state index contributed by atoms with van der Waals surface area (Å²) < 4.78 is 5.36. The van der Waals surface area contributed by atoms with Crippen LogP contribution in [0.25, 0.3) is 0 Å². The third-order valence-electron chi connectivity index (χ3n) is 4.46. The van der Waals surface area contributed by atoms with E-state index in [2.05, 4.69) is 5.32 Å². The average Bonchev–Trinajstić information content (AvgIpc) is 2.84. The molecule has 0 unspecified atom stereocenters. The molecular formula is C18H22N2O4. The smallest absolute Gasteiger partial charge is 0.261 e. The molecule has 3 amide bonds. The van der Waals surface area contributed by atoms with E-state index in [-0.39, 0.29) is 23.8 Å². The van der Waals surface area contributed by atoms with E-state index in [1.165, 1.54) is 11.0 Å². The fourth-order valence-electron chi connectivity index (χ4n) is 3.07. The summed E-state index contributed by atoms with van der Waals surface area (Å²) in [5.74, 6) is -0.809. The molecule has 0 aliphatic carbocycles. The van der Waals surface area contributed by atoms with Crippen LogP contribution in [0.2, 0.25) is 0 Å². The molecule has 0 aromatic heterocycles. The van der Waals surface area contributed by atoms with Crippen molar-refractivity contribution >= 4 is 17.7 Å². The monoisotopic (exact) mass is 330 g/mol. The van der Waals surface area contributed by atoms with Gasteiger partial charge in [0.05, 0.1) is 23.8 Å². The van der Waals surface area contributed by atoms with Gasteiger partial charge in [-0.1, -0.05) is 13.3 Å².